The Kier molecular flexibility index (Phi) is 5.99. The second-order valence-corrected chi connectivity index (χ2v) is 9.37. The molecule has 3 aromatic carbocycles. The largest absolute Gasteiger partial charge is 0.322 e. The average Bonchev–Trinajstić information content (AvgIpc) is 2.63. The Morgan fingerprint density at radius 3 is 1.97 bits per heavy atom. The van der Waals surface area contributed by atoms with Crippen LogP contribution in [0.4, 0.5) is 11.4 Å². The van der Waals surface area contributed by atoms with Gasteiger partial charge in [-0.3, -0.25) is 9.52 Å². The fourth-order valence-corrected chi connectivity index (χ4v) is 4.61. The Morgan fingerprint density at radius 1 is 0.700 bits per heavy atom. The Labute approximate surface area is 178 Å². The highest BCUT2D eigenvalue weighted by molar-refractivity contribution is 7.92. The van der Waals surface area contributed by atoms with Gasteiger partial charge in [0.05, 0.1) is 4.90 Å². The molecule has 6 heteroatoms. The monoisotopic (exact) mass is 422 g/mol. The maximum atomic E-state index is 13.0. The van der Waals surface area contributed by atoms with Crippen LogP contribution in [0.5, 0.6) is 0 Å². The van der Waals surface area contributed by atoms with Gasteiger partial charge in [-0.1, -0.05) is 18.2 Å². The molecule has 0 aliphatic rings. The van der Waals surface area contributed by atoms with Crippen molar-refractivity contribution in [2.75, 3.05) is 10.0 Å². The number of benzene rings is 3. The van der Waals surface area contributed by atoms with Gasteiger partial charge in [0.2, 0.25) is 0 Å². The van der Waals surface area contributed by atoms with E-state index >= 15 is 0 Å². The summed E-state index contributed by atoms with van der Waals surface area (Å²) in [4.78, 5) is 12.8. The quantitative estimate of drug-likeness (QED) is 0.587. The normalized spacial score (nSPS) is 11.2. The molecule has 3 aromatic rings. The molecule has 0 aliphatic heterocycles. The van der Waals surface area contributed by atoms with Crippen molar-refractivity contribution < 1.29 is 13.2 Å². The maximum Gasteiger partial charge on any atom is 0.262 e. The summed E-state index contributed by atoms with van der Waals surface area (Å²) in [6, 6.07) is 15.9. The van der Waals surface area contributed by atoms with Crippen LogP contribution >= 0.6 is 0 Å². The van der Waals surface area contributed by atoms with Crippen LogP contribution in [0.3, 0.4) is 0 Å². The number of carbonyl (C=O) groups is 1. The van der Waals surface area contributed by atoms with E-state index in [0.717, 1.165) is 22.3 Å². The molecule has 0 aliphatic carbocycles. The number of hydrogen-bond donors (Lipinski definition) is 2. The Morgan fingerprint density at radius 2 is 1.33 bits per heavy atom. The van der Waals surface area contributed by atoms with Gasteiger partial charge in [-0.15, -0.1) is 0 Å². The SMILES string of the molecule is Cc1cc(C)cc(NS(=O)(=O)c2cc(C(=O)Nc3ccc(C)c(C)c3)ccc2C)c1. The van der Waals surface area contributed by atoms with Crippen LogP contribution in [0.15, 0.2) is 59.5 Å². The van der Waals surface area contributed by atoms with Crippen LogP contribution in [-0.4, -0.2) is 14.3 Å². The first-order valence-electron chi connectivity index (χ1n) is 9.65. The van der Waals surface area contributed by atoms with Gasteiger partial charge in [0, 0.05) is 16.9 Å². The van der Waals surface area contributed by atoms with E-state index in [-0.39, 0.29) is 16.4 Å². The van der Waals surface area contributed by atoms with Gasteiger partial charge in [0.1, 0.15) is 0 Å². The second kappa shape index (κ2) is 8.32. The van der Waals surface area contributed by atoms with Gasteiger partial charge in [-0.25, -0.2) is 8.42 Å². The standard InChI is InChI=1S/C24H26N2O3S/c1-15-10-16(2)12-22(11-15)26-30(28,29)23-14-20(8-6-18(23)4)24(27)25-21-9-7-17(3)19(5)13-21/h6-14,26H,1-5H3,(H,25,27). The number of sulfonamides is 1. The summed E-state index contributed by atoms with van der Waals surface area (Å²) >= 11 is 0. The molecule has 5 nitrogen and oxygen atoms in total. The van der Waals surface area contributed by atoms with Crippen molar-refractivity contribution >= 4 is 27.3 Å². The third-order valence-corrected chi connectivity index (χ3v) is 6.50. The lowest BCUT2D eigenvalue weighted by atomic mass is 10.1. The number of aryl methyl sites for hydroxylation is 5. The molecule has 0 radical (unpaired) electrons. The second-order valence-electron chi connectivity index (χ2n) is 7.72. The number of nitrogens with one attached hydrogen (secondary N) is 2. The van der Waals surface area contributed by atoms with Gasteiger partial charge < -0.3 is 5.32 Å². The predicted molar refractivity (Wildman–Crippen MR) is 122 cm³/mol. The molecule has 0 saturated carbocycles. The Balaban J connectivity index is 1.89. The van der Waals surface area contributed by atoms with Crippen LogP contribution < -0.4 is 10.0 Å². The molecule has 2 N–H and O–H groups in total. The first-order valence-corrected chi connectivity index (χ1v) is 11.1. The smallest absolute Gasteiger partial charge is 0.262 e. The minimum Gasteiger partial charge on any atom is -0.322 e. The zero-order chi connectivity index (χ0) is 22.1. The molecule has 30 heavy (non-hydrogen) atoms. The molecule has 0 aromatic heterocycles. The zero-order valence-corrected chi connectivity index (χ0v) is 18.6. The van der Waals surface area contributed by atoms with Gasteiger partial charge in [-0.05, 0) is 98.8 Å². The molecule has 0 fully saturated rings. The summed E-state index contributed by atoms with van der Waals surface area (Å²) in [5.41, 5.74) is 6.14. The van der Waals surface area contributed by atoms with E-state index in [2.05, 4.69) is 10.0 Å². The summed E-state index contributed by atoms with van der Waals surface area (Å²) < 4.78 is 28.7. The maximum absolute atomic E-state index is 13.0. The van der Waals surface area contributed by atoms with Crippen molar-refractivity contribution in [2.24, 2.45) is 0 Å². The third kappa shape index (κ3) is 4.89. The van der Waals surface area contributed by atoms with Crippen LogP contribution in [0.25, 0.3) is 0 Å². The fraction of sp³-hybridized carbons (Fsp3) is 0.208. The van der Waals surface area contributed by atoms with Gasteiger partial charge in [-0.2, -0.15) is 0 Å². The summed E-state index contributed by atoms with van der Waals surface area (Å²) in [7, 11) is -3.85. The molecule has 0 heterocycles. The van der Waals surface area contributed by atoms with E-state index < -0.39 is 10.0 Å². The first-order chi connectivity index (χ1) is 14.0. The van der Waals surface area contributed by atoms with Crippen molar-refractivity contribution in [1.82, 2.24) is 0 Å². The Bertz CT molecular complexity index is 1210. The molecular formula is C24H26N2O3S. The minimum atomic E-state index is -3.85. The van der Waals surface area contributed by atoms with Gasteiger partial charge in [0.15, 0.2) is 0 Å². The van der Waals surface area contributed by atoms with Crippen LogP contribution in [0.2, 0.25) is 0 Å². The van der Waals surface area contributed by atoms with Crippen molar-refractivity contribution in [2.45, 2.75) is 39.5 Å². The van der Waals surface area contributed by atoms with E-state index in [9.17, 15) is 13.2 Å². The summed E-state index contributed by atoms with van der Waals surface area (Å²) in [5.74, 6) is -0.360. The van der Waals surface area contributed by atoms with E-state index in [0.29, 0.717) is 16.9 Å². The number of carbonyl (C=O) groups excluding carboxylic acids is 1. The van der Waals surface area contributed by atoms with E-state index in [1.54, 1.807) is 31.2 Å². The molecule has 0 bridgehead atoms. The first kappa shape index (κ1) is 21.6. The van der Waals surface area contributed by atoms with Crippen LogP contribution in [0, 0.1) is 34.6 Å². The van der Waals surface area contributed by atoms with Crippen molar-refractivity contribution in [1.29, 1.82) is 0 Å². The Hall–Kier alpha value is -3.12. The zero-order valence-electron chi connectivity index (χ0n) is 17.8. The number of hydrogen-bond acceptors (Lipinski definition) is 3. The number of amides is 1. The number of anilines is 2. The van der Waals surface area contributed by atoms with Crippen molar-refractivity contribution in [3.05, 3.63) is 88.0 Å². The molecule has 0 unspecified atom stereocenters. The highest BCUT2D eigenvalue weighted by Crippen LogP contribution is 2.23. The lowest BCUT2D eigenvalue weighted by molar-refractivity contribution is 0.102. The number of rotatable bonds is 5. The molecular weight excluding hydrogens is 396 g/mol. The summed E-state index contributed by atoms with van der Waals surface area (Å²) in [6.07, 6.45) is 0. The summed E-state index contributed by atoms with van der Waals surface area (Å²) in [6.45, 7) is 9.50. The highest BCUT2D eigenvalue weighted by Gasteiger charge is 2.20. The van der Waals surface area contributed by atoms with Crippen molar-refractivity contribution in [3.8, 4) is 0 Å². The van der Waals surface area contributed by atoms with Crippen molar-refractivity contribution in [3.63, 3.8) is 0 Å². The molecule has 0 spiro atoms. The predicted octanol–water partition coefficient (Wildman–Crippen LogP) is 5.28. The van der Waals surface area contributed by atoms with E-state index in [1.807, 2.05) is 52.0 Å². The average molecular weight is 423 g/mol. The lowest BCUT2D eigenvalue weighted by Gasteiger charge is -2.13. The molecule has 0 atom stereocenters. The molecule has 0 saturated heterocycles. The van der Waals surface area contributed by atoms with E-state index in [1.165, 1.54) is 6.07 Å². The van der Waals surface area contributed by atoms with Crippen LogP contribution in [-0.2, 0) is 10.0 Å². The van der Waals surface area contributed by atoms with E-state index in [4.69, 9.17) is 0 Å². The lowest BCUT2D eigenvalue weighted by Crippen LogP contribution is -2.17. The van der Waals surface area contributed by atoms with Gasteiger partial charge in [0.25, 0.3) is 15.9 Å². The van der Waals surface area contributed by atoms with Crippen LogP contribution in [0.1, 0.15) is 38.2 Å². The fourth-order valence-electron chi connectivity index (χ4n) is 3.30. The molecule has 156 valence electrons. The van der Waals surface area contributed by atoms with Gasteiger partial charge >= 0.3 is 0 Å². The highest BCUT2D eigenvalue weighted by atomic mass is 32.2. The summed E-state index contributed by atoms with van der Waals surface area (Å²) in [5, 5.41) is 2.83. The third-order valence-electron chi connectivity index (χ3n) is 4.98. The molecule has 3 rings (SSSR count). The topological polar surface area (TPSA) is 75.3 Å². The molecule has 1 amide bonds. The minimum absolute atomic E-state index is 0.0781.